The van der Waals surface area contributed by atoms with Gasteiger partial charge in [0.15, 0.2) is 0 Å². The Morgan fingerprint density at radius 2 is 1.88 bits per heavy atom. The van der Waals surface area contributed by atoms with Gasteiger partial charge in [0.05, 0.1) is 12.3 Å². The van der Waals surface area contributed by atoms with E-state index in [-0.39, 0.29) is 6.04 Å². The van der Waals surface area contributed by atoms with Crippen molar-refractivity contribution >= 4 is 10.9 Å². The molecule has 2 aliphatic rings. The van der Waals surface area contributed by atoms with Crippen molar-refractivity contribution in [2.45, 2.75) is 50.4 Å². The van der Waals surface area contributed by atoms with Crippen LogP contribution in [0.1, 0.15) is 52.6 Å². The van der Waals surface area contributed by atoms with Gasteiger partial charge in [-0.25, -0.2) is 13.1 Å². The van der Waals surface area contributed by atoms with Crippen LogP contribution >= 0.6 is 0 Å². The number of nitrogens with one attached hydrogen (secondary N) is 1. The molecule has 1 fully saturated rings. The summed E-state index contributed by atoms with van der Waals surface area (Å²) >= 11 is 0. The Kier molecular flexibility index (Phi) is 6.59. The molecule has 5 rings (SSSR count). The number of rotatable bonds is 7. The highest BCUT2D eigenvalue weighted by Gasteiger charge is 2.32. The lowest BCUT2D eigenvalue weighted by Gasteiger charge is -2.32. The normalized spacial score (nSPS) is 21.5. The number of benzene rings is 2. The molecule has 3 aromatic rings. The van der Waals surface area contributed by atoms with Crippen molar-refractivity contribution in [3.05, 3.63) is 88.7 Å². The van der Waals surface area contributed by atoms with E-state index in [1.54, 1.807) is 0 Å². The van der Waals surface area contributed by atoms with Crippen LogP contribution in [-0.2, 0) is 30.4 Å². The van der Waals surface area contributed by atoms with Crippen molar-refractivity contribution in [3.8, 4) is 0 Å². The molecule has 2 aromatic carbocycles. The summed E-state index contributed by atoms with van der Waals surface area (Å²) in [6, 6.07) is 16.4. The summed E-state index contributed by atoms with van der Waals surface area (Å²) in [7, 11) is -2.57. The zero-order chi connectivity index (χ0) is 22.8. The Labute approximate surface area is 196 Å². The minimum absolute atomic E-state index is 0.109. The molecule has 0 saturated carbocycles. The van der Waals surface area contributed by atoms with E-state index in [2.05, 4.69) is 45.2 Å². The highest BCUT2D eigenvalue weighted by molar-refractivity contribution is 7.70. The second-order valence-corrected chi connectivity index (χ2v) is 9.96. The molecule has 2 atom stereocenters. The first-order chi connectivity index (χ1) is 16.1. The number of nitrogens with zero attached hydrogens (tertiary/aromatic N) is 3. The minimum atomic E-state index is -2.57. The van der Waals surface area contributed by atoms with Gasteiger partial charge >= 0.3 is 0 Å². The Morgan fingerprint density at radius 3 is 2.70 bits per heavy atom. The quantitative estimate of drug-likeness (QED) is 0.466. The van der Waals surface area contributed by atoms with Gasteiger partial charge in [0.1, 0.15) is 6.04 Å². The largest absolute Gasteiger partial charge is 0.390 e. The Balaban J connectivity index is 1.18. The number of piperidine rings is 1. The van der Waals surface area contributed by atoms with E-state index < -0.39 is 17.0 Å². The number of thiol groups is 1. The van der Waals surface area contributed by atoms with Crippen LogP contribution < -0.4 is 4.72 Å². The van der Waals surface area contributed by atoms with Crippen LogP contribution in [0.25, 0.3) is 0 Å². The highest BCUT2D eigenvalue weighted by atomic mass is 32.2. The van der Waals surface area contributed by atoms with Crippen molar-refractivity contribution < 1.29 is 13.5 Å². The molecule has 2 heterocycles. The maximum atomic E-state index is 10.8. The van der Waals surface area contributed by atoms with Crippen LogP contribution in [0.3, 0.4) is 0 Å². The fourth-order valence-electron chi connectivity index (χ4n) is 5.28. The van der Waals surface area contributed by atoms with Gasteiger partial charge in [0.25, 0.3) is 0 Å². The molecule has 1 aromatic heterocycles. The summed E-state index contributed by atoms with van der Waals surface area (Å²) in [4.78, 5) is 2.46. The van der Waals surface area contributed by atoms with Gasteiger partial charge in [-0.3, -0.25) is 9.58 Å². The predicted octanol–water partition coefficient (Wildman–Crippen LogP) is 2.39. The fraction of sp³-hybridized carbons (Fsp3) is 0.400. The van der Waals surface area contributed by atoms with E-state index in [9.17, 15) is 13.5 Å². The number of fused-ring (bicyclic) bond motifs is 1. The number of likely N-dealkylation sites (tertiary alicyclic amines) is 1. The maximum absolute atomic E-state index is 10.8. The smallest absolute Gasteiger partial charge is 0.201 e. The fourth-order valence-corrected chi connectivity index (χ4v) is 5.59. The second kappa shape index (κ2) is 9.77. The van der Waals surface area contributed by atoms with Crippen LogP contribution in [0.2, 0.25) is 0 Å². The lowest BCUT2D eigenvalue weighted by atomic mass is 9.88. The van der Waals surface area contributed by atoms with Crippen molar-refractivity contribution in [1.82, 2.24) is 19.4 Å². The monoisotopic (exact) mass is 466 g/mol. The van der Waals surface area contributed by atoms with E-state index in [1.807, 2.05) is 35.1 Å². The average Bonchev–Trinajstić information content (AvgIpc) is 3.41. The van der Waals surface area contributed by atoms with Crippen LogP contribution in [0, 0.1) is 0 Å². The molecule has 7 nitrogen and oxygen atoms in total. The SMILES string of the molecule is O=[SH](=O)NCc1cccc(C2CCN(Cc3cnn([C@@H]4c5ccccc5C[C@H]4O)c3)CC2)c1. The van der Waals surface area contributed by atoms with Gasteiger partial charge in [-0.15, -0.1) is 0 Å². The second-order valence-electron chi connectivity index (χ2n) is 9.13. The zero-order valence-corrected chi connectivity index (χ0v) is 19.4. The standard InChI is InChI=1S/C25H30N4O3S/c30-24-13-22-5-1-2-7-23(22)25(24)29-17-19(14-26-29)16-28-10-8-20(9-11-28)21-6-3-4-18(12-21)15-27-33(31)32/h1-7,12,14,17,20,24-25,30,33H,8-11,13,15-16H2,(H,27,31,32)/t24-,25-/m1/s1. The van der Waals surface area contributed by atoms with Gasteiger partial charge in [-0.2, -0.15) is 5.10 Å². The molecule has 0 bridgehead atoms. The van der Waals surface area contributed by atoms with E-state index in [4.69, 9.17) is 0 Å². The molecule has 33 heavy (non-hydrogen) atoms. The minimum Gasteiger partial charge on any atom is -0.390 e. The number of aromatic nitrogens is 2. The number of hydrogen-bond acceptors (Lipinski definition) is 5. The molecule has 1 saturated heterocycles. The first kappa shape index (κ1) is 22.3. The summed E-state index contributed by atoms with van der Waals surface area (Å²) in [5.74, 6) is 0.495. The van der Waals surface area contributed by atoms with Crippen molar-refractivity contribution in [2.75, 3.05) is 13.1 Å². The third-order valence-electron chi connectivity index (χ3n) is 6.94. The van der Waals surface area contributed by atoms with E-state index in [0.29, 0.717) is 18.9 Å². The Hall–Kier alpha value is -2.52. The van der Waals surface area contributed by atoms with Gasteiger partial charge < -0.3 is 5.11 Å². The third-order valence-corrected chi connectivity index (χ3v) is 7.35. The molecule has 0 amide bonds. The number of aliphatic hydroxyl groups excluding tert-OH is 1. The van der Waals surface area contributed by atoms with Crippen LogP contribution in [0.5, 0.6) is 0 Å². The summed E-state index contributed by atoms with van der Waals surface area (Å²) < 4.78 is 26.0. The lowest BCUT2D eigenvalue weighted by Crippen LogP contribution is -2.32. The maximum Gasteiger partial charge on any atom is 0.201 e. The van der Waals surface area contributed by atoms with E-state index >= 15 is 0 Å². The topological polar surface area (TPSA) is 87.5 Å². The number of hydrogen-bond donors (Lipinski definition) is 3. The van der Waals surface area contributed by atoms with E-state index in [0.717, 1.165) is 38.0 Å². The molecule has 0 radical (unpaired) electrons. The van der Waals surface area contributed by atoms with Gasteiger partial charge in [-0.05, 0) is 54.1 Å². The first-order valence-electron chi connectivity index (χ1n) is 11.5. The van der Waals surface area contributed by atoms with Gasteiger partial charge in [0.2, 0.25) is 10.9 Å². The number of aliphatic hydroxyl groups is 1. The predicted molar refractivity (Wildman–Crippen MR) is 127 cm³/mol. The Morgan fingerprint density at radius 1 is 1.06 bits per heavy atom. The van der Waals surface area contributed by atoms with Crippen LogP contribution in [-0.4, -0.2) is 47.4 Å². The van der Waals surface area contributed by atoms with Crippen molar-refractivity contribution in [1.29, 1.82) is 0 Å². The summed E-state index contributed by atoms with van der Waals surface area (Å²) in [5, 5.41) is 15.2. The average molecular weight is 467 g/mol. The molecule has 1 aliphatic heterocycles. The lowest BCUT2D eigenvalue weighted by molar-refractivity contribution is 0.138. The molecule has 2 N–H and O–H groups in total. The highest BCUT2D eigenvalue weighted by Crippen LogP contribution is 2.34. The van der Waals surface area contributed by atoms with Crippen LogP contribution in [0.4, 0.5) is 0 Å². The molecular formula is C25H30N4O3S. The molecule has 1 aliphatic carbocycles. The molecule has 8 heteroatoms. The van der Waals surface area contributed by atoms with Crippen LogP contribution in [0.15, 0.2) is 60.9 Å². The summed E-state index contributed by atoms with van der Waals surface area (Å²) in [6.07, 6.45) is 6.41. The van der Waals surface area contributed by atoms with Gasteiger partial charge in [-0.1, -0.05) is 48.5 Å². The van der Waals surface area contributed by atoms with Crippen molar-refractivity contribution in [2.24, 2.45) is 0 Å². The first-order valence-corrected chi connectivity index (χ1v) is 12.7. The third kappa shape index (κ3) is 5.04. The zero-order valence-electron chi connectivity index (χ0n) is 18.5. The molecule has 174 valence electrons. The Bertz CT molecular complexity index is 1180. The van der Waals surface area contributed by atoms with Crippen molar-refractivity contribution in [3.63, 3.8) is 0 Å². The molecule has 0 unspecified atom stereocenters. The van der Waals surface area contributed by atoms with Gasteiger partial charge in [0, 0.05) is 31.3 Å². The molecular weight excluding hydrogens is 436 g/mol. The van der Waals surface area contributed by atoms with E-state index in [1.165, 1.54) is 22.3 Å². The molecule has 0 spiro atoms. The summed E-state index contributed by atoms with van der Waals surface area (Å²) in [6.45, 7) is 3.23. The summed E-state index contributed by atoms with van der Waals surface area (Å²) in [5.41, 5.74) is 5.83.